The predicted molar refractivity (Wildman–Crippen MR) is 85.2 cm³/mol. The van der Waals surface area contributed by atoms with Gasteiger partial charge < -0.3 is 10.6 Å². The highest BCUT2D eigenvalue weighted by atomic mass is 35.5. The number of nitrogens with zero attached hydrogens (tertiary/aromatic N) is 1. The van der Waals surface area contributed by atoms with Gasteiger partial charge in [0.1, 0.15) is 0 Å². The monoisotopic (exact) mass is 343 g/mol. The maximum Gasteiger partial charge on any atom is 0.230 e. The van der Waals surface area contributed by atoms with E-state index in [1.165, 1.54) is 18.3 Å². The van der Waals surface area contributed by atoms with E-state index in [0.717, 1.165) is 0 Å². The molecule has 2 rings (SSSR count). The first-order valence-corrected chi connectivity index (χ1v) is 7.54. The van der Waals surface area contributed by atoms with Gasteiger partial charge in [-0.05, 0) is 18.2 Å². The van der Waals surface area contributed by atoms with Gasteiger partial charge in [-0.15, -0.1) is 11.3 Å². The van der Waals surface area contributed by atoms with Gasteiger partial charge >= 0.3 is 0 Å². The van der Waals surface area contributed by atoms with Gasteiger partial charge in [-0.2, -0.15) is 0 Å². The molecule has 5 nitrogen and oxygen atoms in total. The number of halogens is 2. The number of carbonyl (C=O) groups is 2. The van der Waals surface area contributed by atoms with Crippen molar-refractivity contribution in [1.29, 1.82) is 0 Å². The van der Waals surface area contributed by atoms with E-state index in [1.54, 1.807) is 23.6 Å². The summed E-state index contributed by atoms with van der Waals surface area (Å²) in [5.41, 5.74) is 1.15. The van der Waals surface area contributed by atoms with Crippen molar-refractivity contribution in [2.45, 2.75) is 13.3 Å². The molecule has 2 aromatic rings. The van der Waals surface area contributed by atoms with Gasteiger partial charge in [0.2, 0.25) is 11.8 Å². The van der Waals surface area contributed by atoms with Gasteiger partial charge in [0.15, 0.2) is 5.13 Å². The highest BCUT2D eigenvalue weighted by Crippen LogP contribution is 2.25. The van der Waals surface area contributed by atoms with Crippen molar-refractivity contribution in [3.8, 4) is 0 Å². The van der Waals surface area contributed by atoms with Crippen LogP contribution in [0.25, 0.3) is 0 Å². The molecule has 0 saturated carbocycles. The van der Waals surface area contributed by atoms with Crippen LogP contribution in [0.3, 0.4) is 0 Å². The predicted octanol–water partition coefficient (Wildman–Crippen LogP) is 3.59. The van der Waals surface area contributed by atoms with E-state index in [2.05, 4.69) is 15.6 Å². The molecule has 1 aromatic heterocycles. The fourth-order valence-electron chi connectivity index (χ4n) is 1.54. The van der Waals surface area contributed by atoms with Crippen LogP contribution >= 0.6 is 34.5 Å². The smallest absolute Gasteiger partial charge is 0.230 e. The molecular weight excluding hydrogens is 333 g/mol. The molecular formula is C13H11Cl2N3O2S. The zero-order valence-electron chi connectivity index (χ0n) is 10.9. The molecule has 110 valence electrons. The van der Waals surface area contributed by atoms with Crippen molar-refractivity contribution >= 4 is 57.2 Å². The summed E-state index contributed by atoms with van der Waals surface area (Å²) >= 11 is 12.9. The van der Waals surface area contributed by atoms with E-state index in [0.29, 0.717) is 26.6 Å². The molecule has 0 bridgehead atoms. The second kappa shape index (κ2) is 6.89. The number of aromatic nitrogens is 1. The van der Waals surface area contributed by atoms with Crippen LogP contribution in [0.1, 0.15) is 12.6 Å². The molecule has 2 amide bonds. The van der Waals surface area contributed by atoms with E-state index in [1.807, 2.05) is 0 Å². The lowest BCUT2D eigenvalue weighted by atomic mass is 10.3. The molecule has 0 unspecified atom stereocenters. The Hall–Kier alpha value is -1.63. The molecule has 0 spiro atoms. The quantitative estimate of drug-likeness (QED) is 0.890. The Morgan fingerprint density at radius 3 is 2.67 bits per heavy atom. The maximum atomic E-state index is 11.9. The first kappa shape index (κ1) is 15.8. The average Bonchev–Trinajstić information content (AvgIpc) is 2.80. The van der Waals surface area contributed by atoms with Gasteiger partial charge in [0, 0.05) is 18.0 Å². The number of amides is 2. The maximum absolute atomic E-state index is 11.9. The summed E-state index contributed by atoms with van der Waals surface area (Å²) < 4.78 is 0. The number of benzene rings is 1. The number of hydrogen-bond acceptors (Lipinski definition) is 4. The highest BCUT2D eigenvalue weighted by molar-refractivity contribution is 7.13. The molecule has 0 radical (unpaired) electrons. The fraction of sp³-hybridized carbons (Fsp3) is 0.154. The van der Waals surface area contributed by atoms with Gasteiger partial charge in [-0.25, -0.2) is 4.98 Å². The first-order chi connectivity index (χ1) is 9.94. The number of anilines is 2. The van der Waals surface area contributed by atoms with Crippen LogP contribution in [-0.2, 0) is 16.0 Å². The summed E-state index contributed by atoms with van der Waals surface area (Å²) in [5.74, 6) is -0.427. The van der Waals surface area contributed by atoms with Crippen LogP contribution in [0.4, 0.5) is 10.8 Å². The Morgan fingerprint density at radius 1 is 1.24 bits per heavy atom. The van der Waals surface area contributed by atoms with Crippen molar-refractivity contribution < 1.29 is 9.59 Å². The number of rotatable bonds is 4. The number of carbonyl (C=O) groups excluding carboxylic acids is 2. The summed E-state index contributed by atoms with van der Waals surface area (Å²) in [7, 11) is 0. The third kappa shape index (κ3) is 4.70. The molecule has 0 atom stereocenters. The topological polar surface area (TPSA) is 71.1 Å². The van der Waals surface area contributed by atoms with Crippen molar-refractivity contribution in [3.05, 3.63) is 39.3 Å². The standard InChI is InChI=1S/C13H11Cl2N3O2S/c1-7(19)16-13-18-9(6-21-13)5-12(20)17-8-2-3-10(14)11(15)4-8/h2-4,6H,5H2,1H3,(H,17,20)(H,16,18,19). The number of thiazole rings is 1. The zero-order valence-corrected chi connectivity index (χ0v) is 13.3. The van der Waals surface area contributed by atoms with Crippen LogP contribution < -0.4 is 10.6 Å². The fourth-order valence-corrected chi connectivity index (χ4v) is 2.59. The minimum absolute atomic E-state index is 0.107. The van der Waals surface area contributed by atoms with Gasteiger partial charge in [0.25, 0.3) is 0 Å². The lowest BCUT2D eigenvalue weighted by Gasteiger charge is -2.05. The highest BCUT2D eigenvalue weighted by Gasteiger charge is 2.09. The van der Waals surface area contributed by atoms with E-state index in [9.17, 15) is 9.59 Å². The second-order valence-electron chi connectivity index (χ2n) is 4.18. The Kier molecular flexibility index (Phi) is 5.17. The third-order valence-corrected chi connectivity index (χ3v) is 3.93. The summed E-state index contributed by atoms with van der Waals surface area (Å²) in [6.07, 6.45) is 0.107. The SMILES string of the molecule is CC(=O)Nc1nc(CC(=O)Nc2ccc(Cl)c(Cl)c2)cs1. The second-order valence-corrected chi connectivity index (χ2v) is 5.85. The van der Waals surface area contributed by atoms with Gasteiger partial charge in [-0.3, -0.25) is 9.59 Å². The molecule has 0 aliphatic rings. The van der Waals surface area contributed by atoms with Crippen LogP contribution in [0.5, 0.6) is 0 Å². The molecule has 1 aromatic carbocycles. The molecule has 8 heteroatoms. The van der Waals surface area contributed by atoms with E-state index >= 15 is 0 Å². The molecule has 0 aliphatic heterocycles. The zero-order chi connectivity index (χ0) is 15.4. The minimum atomic E-state index is -0.229. The Balaban J connectivity index is 1.96. The van der Waals surface area contributed by atoms with Gasteiger partial charge in [0.05, 0.1) is 22.2 Å². The number of nitrogens with one attached hydrogen (secondary N) is 2. The van der Waals surface area contributed by atoms with Crippen LogP contribution in [0, 0.1) is 0 Å². The molecule has 2 N–H and O–H groups in total. The summed E-state index contributed by atoms with van der Waals surface area (Å²) in [6.45, 7) is 1.40. The third-order valence-electron chi connectivity index (χ3n) is 2.38. The lowest BCUT2D eigenvalue weighted by molar-refractivity contribution is -0.116. The number of hydrogen-bond donors (Lipinski definition) is 2. The Labute approximate surface area is 135 Å². The largest absolute Gasteiger partial charge is 0.326 e. The molecule has 0 fully saturated rings. The molecule has 21 heavy (non-hydrogen) atoms. The Morgan fingerprint density at radius 2 is 2.00 bits per heavy atom. The first-order valence-electron chi connectivity index (χ1n) is 5.91. The summed E-state index contributed by atoms with van der Waals surface area (Å²) in [5, 5.41) is 8.26. The summed E-state index contributed by atoms with van der Waals surface area (Å²) in [4.78, 5) is 26.9. The molecule has 0 aliphatic carbocycles. The average molecular weight is 344 g/mol. The van der Waals surface area contributed by atoms with Crippen molar-refractivity contribution in [3.63, 3.8) is 0 Å². The van der Waals surface area contributed by atoms with Crippen LogP contribution in [0.15, 0.2) is 23.6 Å². The lowest BCUT2D eigenvalue weighted by Crippen LogP contribution is -2.14. The van der Waals surface area contributed by atoms with Crippen molar-refractivity contribution in [1.82, 2.24) is 4.98 Å². The van der Waals surface area contributed by atoms with E-state index in [4.69, 9.17) is 23.2 Å². The molecule has 0 saturated heterocycles. The van der Waals surface area contributed by atoms with Crippen LogP contribution in [-0.4, -0.2) is 16.8 Å². The normalized spacial score (nSPS) is 10.2. The van der Waals surface area contributed by atoms with E-state index in [-0.39, 0.29) is 18.2 Å². The van der Waals surface area contributed by atoms with Crippen molar-refractivity contribution in [2.75, 3.05) is 10.6 Å². The van der Waals surface area contributed by atoms with Gasteiger partial charge in [-0.1, -0.05) is 23.2 Å². The molecule has 1 heterocycles. The van der Waals surface area contributed by atoms with Crippen molar-refractivity contribution in [2.24, 2.45) is 0 Å². The van der Waals surface area contributed by atoms with E-state index < -0.39 is 0 Å². The summed E-state index contributed by atoms with van der Waals surface area (Å²) in [6, 6.07) is 4.85. The van der Waals surface area contributed by atoms with Crippen LogP contribution in [0.2, 0.25) is 10.0 Å². The Bertz CT molecular complexity index is 688. The minimum Gasteiger partial charge on any atom is -0.326 e.